The van der Waals surface area contributed by atoms with Gasteiger partial charge in [0.05, 0.1) is 4.92 Å². The number of piperidine rings is 1. The normalized spacial score (nSPS) is 17.2. The van der Waals surface area contributed by atoms with Crippen LogP contribution >= 0.6 is 0 Å². The molecule has 7 nitrogen and oxygen atoms in total. The molecule has 0 saturated carbocycles. The molecule has 1 saturated heterocycles. The van der Waals surface area contributed by atoms with Gasteiger partial charge >= 0.3 is 5.69 Å². The highest BCUT2D eigenvalue weighted by Gasteiger charge is 2.31. The van der Waals surface area contributed by atoms with Crippen LogP contribution in [0.5, 0.6) is 0 Å². The van der Waals surface area contributed by atoms with Crippen molar-refractivity contribution in [3.63, 3.8) is 0 Å². The summed E-state index contributed by atoms with van der Waals surface area (Å²) in [5, 5.41) is 14.9. The monoisotopic (exact) mass is 355 g/mol. The average Bonchev–Trinajstić information content (AvgIpc) is 2.67. The van der Waals surface area contributed by atoms with E-state index in [-0.39, 0.29) is 16.4 Å². The minimum atomic E-state index is -0.367. The molecule has 1 aromatic carbocycles. The first kappa shape index (κ1) is 18.1. The van der Waals surface area contributed by atoms with E-state index in [2.05, 4.69) is 27.1 Å². The summed E-state index contributed by atoms with van der Waals surface area (Å²) in [6, 6.07) is 8.36. The Balaban J connectivity index is 1.88. The van der Waals surface area contributed by atoms with Gasteiger partial charge in [-0.2, -0.15) is 0 Å². The number of anilines is 2. The molecule has 0 amide bonds. The molecule has 2 heterocycles. The van der Waals surface area contributed by atoms with Crippen molar-refractivity contribution in [2.24, 2.45) is 0 Å². The lowest BCUT2D eigenvalue weighted by molar-refractivity contribution is -0.383. The third-order valence-electron chi connectivity index (χ3n) is 4.94. The molecule has 1 unspecified atom stereocenters. The number of aryl methyl sites for hydroxylation is 1. The van der Waals surface area contributed by atoms with E-state index in [0.29, 0.717) is 18.4 Å². The van der Waals surface area contributed by atoms with Crippen molar-refractivity contribution < 1.29 is 4.92 Å². The van der Waals surface area contributed by atoms with Gasteiger partial charge in [0.2, 0.25) is 11.6 Å². The first-order chi connectivity index (χ1) is 12.6. The molecule has 138 valence electrons. The zero-order valence-corrected chi connectivity index (χ0v) is 15.3. The quantitative estimate of drug-likeness (QED) is 0.621. The number of nitrogens with one attached hydrogen (secondary N) is 1. The van der Waals surface area contributed by atoms with Crippen LogP contribution in [0.1, 0.15) is 43.7 Å². The zero-order valence-electron chi connectivity index (χ0n) is 15.3. The SMILES string of the molecule is CCC1CCCCN1c1ncnc(NCc2ccc(C)cc2)c1[N+](=O)[O-]. The maximum atomic E-state index is 11.8. The topological polar surface area (TPSA) is 84.2 Å². The van der Waals surface area contributed by atoms with E-state index in [9.17, 15) is 10.1 Å². The van der Waals surface area contributed by atoms with Crippen molar-refractivity contribution in [3.05, 3.63) is 51.8 Å². The zero-order chi connectivity index (χ0) is 18.5. The summed E-state index contributed by atoms with van der Waals surface area (Å²) in [6.45, 7) is 5.43. The molecule has 1 aliphatic heterocycles. The van der Waals surface area contributed by atoms with Crippen molar-refractivity contribution in [2.75, 3.05) is 16.8 Å². The molecule has 1 aliphatic rings. The molecule has 0 aliphatic carbocycles. The molecule has 1 fully saturated rings. The first-order valence-electron chi connectivity index (χ1n) is 9.15. The predicted octanol–water partition coefficient (Wildman–Crippen LogP) is 4.07. The highest BCUT2D eigenvalue weighted by Crippen LogP contribution is 2.35. The van der Waals surface area contributed by atoms with Gasteiger partial charge in [-0.15, -0.1) is 0 Å². The van der Waals surface area contributed by atoms with E-state index in [0.717, 1.165) is 37.8 Å². The molecule has 1 aromatic heterocycles. The molecule has 26 heavy (non-hydrogen) atoms. The summed E-state index contributed by atoms with van der Waals surface area (Å²) in [7, 11) is 0. The Morgan fingerprint density at radius 3 is 2.73 bits per heavy atom. The lowest BCUT2D eigenvalue weighted by Gasteiger charge is -2.35. The molecule has 0 radical (unpaired) electrons. The second-order valence-electron chi connectivity index (χ2n) is 6.74. The predicted molar refractivity (Wildman–Crippen MR) is 102 cm³/mol. The summed E-state index contributed by atoms with van der Waals surface area (Å²) in [5.74, 6) is 0.712. The Bertz CT molecular complexity index is 763. The Kier molecular flexibility index (Phi) is 5.65. The van der Waals surface area contributed by atoms with Gasteiger partial charge in [0.25, 0.3) is 0 Å². The third kappa shape index (κ3) is 3.92. The van der Waals surface area contributed by atoms with E-state index in [1.807, 2.05) is 31.2 Å². The van der Waals surface area contributed by atoms with Crippen molar-refractivity contribution in [1.82, 2.24) is 9.97 Å². The summed E-state index contributed by atoms with van der Waals surface area (Å²) in [5.41, 5.74) is 2.20. The Hall–Kier alpha value is -2.70. The summed E-state index contributed by atoms with van der Waals surface area (Å²) >= 11 is 0. The molecule has 0 bridgehead atoms. The van der Waals surface area contributed by atoms with Crippen molar-refractivity contribution >= 4 is 17.3 Å². The van der Waals surface area contributed by atoms with Crippen LogP contribution in [0.4, 0.5) is 17.3 Å². The van der Waals surface area contributed by atoms with Crippen LogP contribution in [-0.4, -0.2) is 27.5 Å². The van der Waals surface area contributed by atoms with Crippen molar-refractivity contribution in [3.8, 4) is 0 Å². The maximum Gasteiger partial charge on any atom is 0.353 e. The fourth-order valence-electron chi connectivity index (χ4n) is 3.47. The Morgan fingerprint density at radius 2 is 2.04 bits per heavy atom. The van der Waals surface area contributed by atoms with Crippen LogP contribution in [0.15, 0.2) is 30.6 Å². The lowest BCUT2D eigenvalue weighted by atomic mass is 10.00. The van der Waals surface area contributed by atoms with Crippen LogP contribution in [-0.2, 0) is 6.54 Å². The number of hydrogen-bond acceptors (Lipinski definition) is 6. The highest BCUT2D eigenvalue weighted by atomic mass is 16.6. The molecule has 0 spiro atoms. The molecule has 7 heteroatoms. The molecule has 3 rings (SSSR count). The maximum absolute atomic E-state index is 11.8. The molecule has 1 N–H and O–H groups in total. The number of aromatic nitrogens is 2. The molecular weight excluding hydrogens is 330 g/mol. The van der Waals surface area contributed by atoms with Crippen LogP contribution in [0.25, 0.3) is 0 Å². The Labute approximate surface area is 153 Å². The highest BCUT2D eigenvalue weighted by molar-refractivity contribution is 5.70. The van der Waals surface area contributed by atoms with Gasteiger partial charge < -0.3 is 10.2 Å². The van der Waals surface area contributed by atoms with E-state index in [1.165, 1.54) is 11.9 Å². The fraction of sp³-hybridized carbons (Fsp3) is 0.474. The number of benzene rings is 1. The van der Waals surface area contributed by atoms with Gasteiger partial charge in [0.1, 0.15) is 6.33 Å². The summed E-state index contributed by atoms with van der Waals surface area (Å²) in [6.07, 6.45) is 5.61. The number of rotatable bonds is 6. The van der Waals surface area contributed by atoms with E-state index >= 15 is 0 Å². The van der Waals surface area contributed by atoms with Gasteiger partial charge in [-0.3, -0.25) is 10.1 Å². The molecular formula is C19H25N5O2. The van der Waals surface area contributed by atoms with Crippen LogP contribution < -0.4 is 10.2 Å². The summed E-state index contributed by atoms with van der Waals surface area (Å²) in [4.78, 5) is 21.9. The van der Waals surface area contributed by atoms with E-state index < -0.39 is 0 Å². The fourth-order valence-corrected chi connectivity index (χ4v) is 3.47. The summed E-state index contributed by atoms with van der Waals surface area (Å²) < 4.78 is 0. The van der Waals surface area contributed by atoms with Crippen molar-refractivity contribution in [1.29, 1.82) is 0 Å². The van der Waals surface area contributed by atoms with Gasteiger partial charge in [0, 0.05) is 19.1 Å². The van der Waals surface area contributed by atoms with Crippen LogP contribution in [0, 0.1) is 17.0 Å². The smallest absolute Gasteiger partial charge is 0.353 e. The van der Waals surface area contributed by atoms with Crippen LogP contribution in [0.3, 0.4) is 0 Å². The third-order valence-corrected chi connectivity index (χ3v) is 4.94. The number of nitro groups is 1. The first-order valence-corrected chi connectivity index (χ1v) is 9.15. The minimum Gasteiger partial charge on any atom is -0.360 e. The van der Waals surface area contributed by atoms with Gasteiger partial charge in [-0.05, 0) is 38.2 Å². The molecule has 1 atom stereocenters. The van der Waals surface area contributed by atoms with E-state index in [1.54, 1.807) is 0 Å². The van der Waals surface area contributed by atoms with Crippen molar-refractivity contribution in [2.45, 2.75) is 52.1 Å². The minimum absolute atomic E-state index is 0.0278. The number of hydrogen-bond donors (Lipinski definition) is 1. The van der Waals surface area contributed by atoms with Gasteiger partial charge in [-0.25, -0.2) is 9.97 Å². The second-order valence-corrected chi connectivity index (χ2v) is 6.74. The van der Waals surface area contributed by atoms with Gasteiger partial charge in [0.15, 0.2) is 0 Å². The number of nitrogens with zero attached hydrogens (tertiary/aromatic N) is 4. The van der Waals surface area contributed by atoms with Crippen LogP contribution in [0.2, 0.25) is 0 Å². The van der Waals surface area contributed by atoms with E-state index in [4.69, 9.17) is 0 Å². The van der Waals surface area contributed by atoms with Gasteiger partial charge in [-0.1, -0.05) is 36.8 Å². The standard InChI is InChI=1S/C19H25N5O2/c1-3-16-6-4-5-11-23(16)19-17(24(25)26)18(21-13-22-19)20-12-15-9-7-14(2)8-10-15/h7-10,13,16H,3-6,11-12H2,1-2H3,(H,20,21,22). The Morgan fingerprint density at radius 1 is 1.27 bits per heavy atom. The lowest BCUT2D eigenvalue weighted by Crippen LogP contribution is -2.40. The second kappa shape index (κ2) is 8.12. The largest absolute Gasteiger partial charge is 0.360 e. The average molecular weight is 355 g/mol. The molecule has 2 aromatic rings.